The Balaban J connectivity index is 1.98. The third kappa shape index (κ3) is 3.50. The van der Waals surface area contributed by atoms with Gasteiger partial charge in [0.25, 0.3) is 0 Å². The van der Waals surface area contributed by atoms with Gasteiger partial charge in [-0.1, -0.05) is 29.8 Å². The summed E-state index contributed by atoms with van der Waals surface area (Å²) >= 11 is 1.55. The van der Waals surface area contributed by atoms with Crippen molar-refractivity contribution in [3.63, 3.8) is 0 Å². The van der Waals surface area contributed by atoms with E-state index >= 15 is 0 Å². The van der Waals surface area contributed by atoms with Gasteiger partial charge in [-0.05, 0) is 32.6 Å². The fourth-order valence-corrected chi connectivity index (χ4v) is 4.15. The summed E-state index contributed by atoms with van der Waals surface area (Å²) in [6, 6.07) is 7.61. The molecule has 1 aromatic heterocycles. The van der Waals surface area contributed by atoms with Crippen LogP contribution in [0.4, 0.5) is 0 Å². The number of aryl methyl sites for hydroxylation is 2. The lowest BCUT2D eigenvalue weighted by molar-refractivity contribution is -0.116. The number of rotatable bonds is 3. The third-order valence-electron chi connectivity index (χ3n) is 4.09. The Morgan fingerprint density at radius 3 is 2.57 bits per heavy atom. The van der Waals surface area contributed by atoms with Crippen molar-refractivity contribution in [3.8, 4) is 0 Å². The van der Waals surface area contributed by atoms with Gasteiger partial charge in [-0.15, -0.1) is 11.3 Å². The number of hydrogen-bond acceptors (Lipinski definition) is 3. The second kappa shape index (κ2) is 6.62. The number of ketones is 1. The van der Waals surface area contributed by atoms with Crippen LogP contribution >= 0.6 is 11.3 Å². The minimum Gasteiger partial charge on any atom is -0.313 e. The lowest BCUT2D eigenvalue weighted by Crippen LogP contribution is -2.24. The van der Waals surface area contributed by atoms with Crippen molar-refractivity contribution in [1.82, 2.24) is 4.57 Å². The second-order valence-electron chi connectivity index (χ2n) is 5.97. The van der Waals surface area contributed by atoms with Gasteiger partial charge in [0.1, 0.15) is 0 Å². The van der Waals surface area contributed by atoms with Crippen molar-refractivity contribution in [2.24, 2.45) is 4.99 Å². The lowest BCUT2D eigenvalue weighted by Gasteiger charge is -2.14. The Morgan fingerprint density at radius 1 is 1.17 bits per heavy atom. The SMILES string of the molecule is CC(=O)N=c1sc2c(n1CC(=O)c1ccc(C)cc1)CCCC2. The maximum atomic E-state index is 12.6. The van der Waals surface area contributed by atoms with E-state index in [2.05, 4.69) is 4.99 Å². The topological polar surface area (TPSA) is 51.4 Å². The first-order chi connectivity index (χ1) is 11.0. The maximum Gasteiger partial charge on any atom is 0.245 e. The van der Waals surface area contributed by atoms with Crippen LogP contribution in [0.5, 0.6) is 0 Å². The largest absolute Gasteiger partial charge is 0.313 e. The standard InChI is InChI=1S/C18H20N2O2S/c1-12-7-9-14(10-8-12)16(22)11-20-15-5-3-4-6-17(15)23-18(20)19-13(2)21/h7-10H,3-6,11H2,1-2H3. The molecule has 120 valence electrons. The fraction of sp³-hybridized carbons (Fsp3) is 0.389. The van der Waals surface area contributed by atoms with E-state index in [9.17, 15) is 9.59 Å². The summed E-state index contributed by atoms with van der Waals surface area (Å²) in [5.41, 5.74) is 3.02. The Labute approximate surface area is 139 Å². The van der Waals surface area contributed by atoms with Crippen LogP contribution in [0, 0.1) is 6.92 Å². The molecule has 2 aromatic rings. The first-order valence-electron chi connectivity index (χ1n) is 7.91. The van der Waals surface area contributed by atoms with Gasteiger partial charge in [-0.2, -0.15) is 4.99 Å². The van der Waals surface area contributed by atoms with Gasteiger partial charge in [-0.3, -0.25) is 9.59 Å². The van der Waals surface area contributed by atoms with Crippen molar-refractivity contribution in [2.75, 3.05) is 0 Å². The molecule has 1 aliphatic carbocycles. The molecule has 1 amide bonds. The molecule has 0 N–H and O–H groups in total. The lowest BCUT2D eigenvalue weighted by atomic mass is 10.0. The van der Waals surface area contributed by atoms with Crippen molar-refractivity contribution in [2.45, 2.75) is 46.1 Å². The van der Waals surface area contributed by atoms with Gasteiger partial charge < -0.3 is 4.57 Å². The average Bonchev–Trinajstić information content (AvgIpc) is 2.85. The zero-order valence-electron chi connectivity index (χ0n) is 13.5. The minimum absolute atomic E-state index is 0.0566. The Hall–Kier alpha value is -2.01. The molecule has 0 bridgehead atoms. The molecule has 23 heavy (non-hydrogen) atoms. The quantitative estimate of drug-likeness (QED) is 0.813. The Kier molecular flexibility index (Phi) is 4.57. The van der Waals surface area contributed by atoms with Crippen molar-refractivity contribution >= 4 is 23.0 Å². The molecule has 4 nitrogen and oxygen atoms in total. The third-order valence-corrected chi connectivity index (χ3v) is 5.27. The predicted octanol–water partition coefficient (Wildman–Crippen LogP) is 3.07. The molecule has 0 fully saturated rings. The number of Topliss-reactive ketones (excluding diaryl/α,β-unsaturated/α-hetero) is 1. The van der Waals surface area contributed by atoms with Crippen LogP contribution < -0.4 is 4.80 Å². The van der Waals surface area contributed by atoms with E-state index in [0.29, 0.717) is 10.4 Å². The Bertz CT molecular complexity index is 813. The molecule has 5 heteroatoms. The van der Waals surface area contributed by atoms with Crippen LogP contribution in [0.25, 0.3) is 0 Å². The summed E-state index contributed by atoms with van der Waals surface area (Å²) in [6.07, 6.45) is 4.27. The summed E-state index contributed by atoms with van der Waals surface area (Å²) in [7, 11) is 0. The minimum atomic E-state index is -0.222. The molecule has 3 rings (SSSR count). The van der Waals surface area contributed by atoms with E-state index in [1.165, 1.54) is 23.9 Å². The molecule has 0 unspecified atom stereocenters. The van der Waals surface area contributed by atoms with Crippen molar-refractivity contribution in [3.05, 3.63) is 50.8 Å². The number of amides is 1. The Morgan fingerprint density at radius 2 is 1.87 bits per heavy atom. The maximum absolute atomic E-state index is 12.6. The summed E-state index contributed by atoms with van der Waals surface area (Å²) in [6.45, 7) is 3.70. The van der Waals surface area contributed by atoms with Crippen LogP contribution in [0.1, 0.15) is 46.3 Å². The van der Waals surface area contributed by atoms with Gasteiger partial charge in [0.05, 0.1) is 6.54 Å². The van der Waals surface area contributed by atoms with E-state index in [1.807, 2.05) is 35.8 Å². The van der Waals surface area contributed by atoms with Gasteiger partial charge in [0, 0.05) is 23.1 Å². The average molecular weight is 328 g/mol. The molecule has 1 heterocycles. The molecule has 0 spiro atoms. The summed E-state index contributed by atoms with van der Waals surface area (Å²) in [5, 5.41) is 0. The van der Waals surface area contributed by atoms with Crippen molar-refractivity contribution < 1.29 is 9.59 Å². The van der Waals surface area contributed by atoms with Gasteiger partial charge in [-0.25, -0.2) is 0 Å². The normalized spacial score (nSPS) is 14.6. The monoisotopic (exact) mass is 328 g/mol. The highest BCUT2D eigenvalue weighted by molar-refractivity contribution is 7.09. The van der Waals surface area contributed by atoms with Gasteiger partial charge >= 0.3 is 0 Å². The second-order valence-corrected chi connectivity index (χ2v) is 7.03. The highest BCUT2D eigenvalue weighted by Gasteiger charge is 2.19. The number of carbonyl (C=O) groups is 2. The van der Waals surface area contributed by atoms with Gasteiger partial charge in [0.15, 0.2) is 10.6 Å². The zero-order chi connectivity index (χ0) is 16.4. The van der Waals surface area contributed by atoms with E-state index in [1.54, 1.807) is 11.3 Å². The zero-order valence-corrected chi connectivity index (χ0v) is 14.3. The molecule has 0 radical (unpaired) electrons. The summed E-state index contributed by atoms with van der Waals surface area (Å²) in [4.78, 5) is 30.1. The van der Waals surface area contributed by atoms with Crippen LogP contribution in [0.15, 0.2) is 29.3 Å². The molecular formula is C18H20N2O2S. The van der Waals surface area contributed by atoms with E-state index in [-0.39, 0.29) is 18.2 Å². The number of hydrogen-bond donors (Lipinski definition) is 0. The number of carbonyl (C=O) groups excluding carboxylic acids is 2. The highest BCUT2D eigenvalue weighted by atomic mass is 32.1. The molecule has 0 atom stereocenters. The van der Waals surface area contributed by atoms with Gasteiger partial charge in [0.2, 0.25) is 5.91 Å². The number of nitrogens with zero attached hydrogens (tertiary/aromatic N) is 2. The fourth-order valence-electron chi connectivity index (χ4n) is 2.89. The number of aromatic nitrogens is 1. The molecular weight excluding hydrogens is 308 g/mol. The smallest absolute Gasteiger partial charge is 0.245 e. The highest BCUT2D eigenvalue weighted by Crippen LogP contribution is 2.24. The van der Waals surface area contributed by atoms with Crippen LogP contribution in [0.2, 0.25) is 0 Å². The molecule has 1 aliphatic rings. The number of thiazole rings is 1. The molecule has 0 aliphatic heterocycles. The van der Waals surface area contributed by atoms with Crippen LogP contribution in [0.3, 0.4) is 0 Å². The summed E-state index contributed by atoms with van der Waals surface area (Å²) in [5.74, 6) is -0.165. The van der Waals surface area contributed by atoms with E-state index < -0.39 is 0 Å². The predicted molar refractivity (Wildman–Crippen MR) is 90.7 cm³/mol. The molecule has 0 saturated heterocycles. The van der Waals surface area contributed by atoms with Crippen LogP contribution in [-0.4, -0.2) is 16.3 Å². The molecule has 1 aromatic carbocycles. The first kappa shape index (κ1) is 15.9. The number of fused-ring (bicyclic) bond motifs is 1. The van der Waals surface area contributed by atoms with Crippen LogP contribution in [-0.2, 0) is 24.2 Å². The van der Waals surface area contributed by atoms with Crippen molar-refractivity contribution in [1.29, 1.82) is 0 Å². The number of benzene rings is 1. The first-order valence-corrected chi connectivity index (χ1v) is 8.73. The van der Waals surface area contributed by atoms with E-state index in [0.717, 1.165) is 24.8 Å². The summed E-state index contributed by atoms with van der Waals surface area (Å²) < 4.78 is 1.95. The molecule has 0 saturated carbocycles. The van der Waals surface area contributed by atoms with E-state index in [4.69, 9.17) is 0 Å².